The molecular formula is C7H11BrN2O. The molecule has 0 bridgehead atoms. The van der Waals surface area contributed by atoms with Crippen molar-refractivity contribution < 1.29 is 4.74 Å². The minimum atomic E-state index is 0.558. The van der Waals surface area contributed by atoms with E-state index < -0.39 is 0 Å². The topological polar surface area (TPSA) is 27.1 Å². The van der Waals surface area contributed by atoms with Gasteiger partial charge in [-0.25, -0.2) is 0 Å². The molecule has 0 radical (unpaired) electrons. The number of methoxy groups -OCH3 is 1. The highest BCUT2D eigenvalue weighted by atomic mass is 79.9. The second kappa shape index (κ2) is 3.36. The van der Waals surface area contributed by atoms with E-state index in [-0.39, 0.29) is 0 Å². The second-order valence-electron chi connectivity index (χ2n) is 2.40. The van der Waals surface area contributed by atoms with Crippen LogP contribution < -0.4 is 0 Å². The van der Waals surface area contributed by atoms with Crippen molar-refractivity contribution in [3.05, 3.63) is 15.9 Å². The third-order valence-electron chi connectivity index (χ3n) is 1.61. The molecule has 11 heavy (non-hydrogen) atoms. The molecule has 0 fully saturated rings. The molecule has 3 nitrogen and oxygen atoms in total. The normalized spacial score (nSPS) is 10.5. The number of nitrogens with zero attached hydrogens (tertiary/aromatic N) is 2. The van der Waals surface area contributed by atoms with E-state index in [9.17, 15) is 0 Å². The van der Waals surface area contributed by atoms with Crippen LogP contribution in [0, 0.1) is 6.92 Å². The number of hydrogen-bond donors (Lipinski definition) is 0. The molecule has 1 aromatic heterocycles. The smallest absolute Gasteiger partial charge is 0.103 e. The maximum atomic E-state index is 4.97. The van der Waals surface area contributed by atoms with Crippen LogP contribution in [-0.4, -0.2) is 16.9 Å². The highest BCUT2D eigenvalue weighted by molar-refractivity contribution is 9.10. The lowest BCUT2D eigenvalue weighted by Gasteiger charge is -1.92. The van der Waals surface area contributed by atoms with Crippen molar-refractivity contribution in [2.75, 3.05) is 7.11 Å². The van der Waals surface area contributed by atoms with Crippen molar-refractivity contribution in [3.8, 4) is 0 Å². The highest BCUT2D eigenvalue weighted by Gasteiger charge is 2.08. The van der Waals surface area contributed by atoms with Crippen LogP contribution in [0.1, 0.15) is 11.4 Å². The average Bonchev–Trinajstić information content (AvgIpc) is 2.19. The molecule has 1 aromatic rings. The summed E-state index contributed by atoms with van der Waals surface area (Å²) in [6.45, 7) is 2.57. The summed E-state index contributed by atoms with van der Waals surface area (Å²) in [4.78, 5) is 0. The zero-order valence-corrected chi connectivity index (χ0v) is 8.47. The van der Waals surface area contributed by atoms with Crippen LogP contribution >= 0.6 is 15.9 Å². The van der Waals surface area contributed by atoms with Gasteiger partial charge in [-0.1, -0.05) is 0 Å². The largest absolute Gasteiger partial charge is 0.378 e. The summed E-state index contributed by atoms with van der Waals surface area (Å²) in [5.74, 6) is 0. The van der Waals surface area contributed by atoms with Gasteiger partial charge in [-0.15, -0.1) is 0 Å². The van der Waals surface area contributed by atoms with Crippen molar-refractivity contribution in [1.29, 1.82) is 0 Å². The van der Waals surface area contributed by atoms with E-state index in [1.54, 1.807) is 7.11 Å². The minimum absolute atomic E-state index is 0.558. The molecule has 0 unspecified atom stereocenters. The van der Waals surface area contributed by atoms with Crippen LogP contribution in [0.4, 0.5) is 0 Å². The first kappa shape index (κ1) is 8.74. The van der Waals surface area contributed by atoms with Gasteiger partial charge >= 0.3 is 0 Å². The Hall–Kier alpha value is -0.350. The number of aryl methyl sites for hydroxylation is 1. The van der Waals surface area contributed by atoms with E-state index in [2.05, 4.69) is 21.0 Å². The van der Waals surface area contributed by atoms with Gasteiger partial charge in [0, 0.05) is 19.9 Å². The highest BCUT2D eigenvalue weighted by Crippen LogP contribution is 2.20. The molecule has 0 aliphatic heterocycles. The Balaban J connectivity index is 2.98. The Morgan fingerprint density at radius 1 is 1.64 bits per heavy atom. The maximum Gasteiger partial charge on any atom is 0.103 e. The molecule has 0 spiro atoms. The van der Waals surface area contributed by atoms with Gasteiger partial charge in [-0.2, -0.15) is 5.10 Å². The molecule has 4 heteroatoms. The fourth-order valence-corrected chi connectivity index (χ4v) is 1.33. The lowest BCUT2D eigenvalue weighted by Crippen LogP contribution is -1.94. The minimum Gasteiger partial charge on any atom is -0.378 e. The first-order chi connectivity index (χ1) is 5.16. The number of ether oxygens (including phenoxy) is 1. The third kappa shape index (κ3) is 1.62. The lowest BCUT2D eigenvalue weighted by atomic mass is 10.4. The van der Waals surface area contributed by atoms with Gasteiger partial charge < -0.3 is 4.74 Å². The van der Waals surface area contributed by atoms with E-state index >= 15 is 0 Å². The number of aromatic nitrogens is 2. The van der Waals surface area contributed by atoms with Crippen LogP contribution in [0.2, 0.25) is 0 Å². The Morgan fingerprint density at radius 2 is 2.27 bits per heavy atom. The second-order valence-corrected chi connectivity index (χ2v) is 3.20. The van der Waals surface area contributed by atoms with Crippen LogP contribution in [-0.2, 0) is 18.4 Å². The summed E-state index contributed by atoms with van der Waals surface area (Å²) in [5.41, 5.74) is 2.07. The quantitative estimate of drug-likeness (QED) is 0.755. The molecule has 0 saturated heterocycles. The molecule has 62 valence electrons. The number of halogens is 1. The Bertz CT molecular complexity index is 257. The van der Waals surface area contributed by atoms with Gasteiger partial charge in [0.25, 0.3) is 0 Å². The van der Waals surface area contributed by atoms with Crippen LogP contribution in [0.15, 0.2) is 4.47 Å². The van der Waals surface area contributed by atoms with Crippen LogP contribution in [0.25, 0.3) is 0 Å². The first-order valence-corrected chi connectivity index (χ1v) is 4.13. The predicted octanol–water partition coefficient (Wildman–Crippen LogP) is 1.64. The van der Waals surface area contributed by atoms with Crippen LogP contribution in [0.3, 0.4) is 0 Å². The summed E-state index contributed by atoms with van der Waals surface area (Å²) < 4.78 is 7.85. The standard InChI is InChI=1S/C7H11BrN2O/c1-5-7(8)6(4-11-3)9-10(5)2/h4H2,1-3H3. The fourth-order valence-electron chi connectivity index (χ4n) is 0.880. The zero-order chi connectivity index (χ0) is 8.43. The third-order valence-corrected chi connectivity index (χ3v) is 2.64. The van der Waals surface area contributed by atoms with Gasteiger partial charge in [0.15, 0.2) is 0 Å². The molecule has 1 rings (SSSR count). The van der Waals surface area contributed by atoms with Crippen molar-refractivity contribution >= 4 is 15.9 Å². The van der Waals surface area contributed by atoms with Crippen molar-refractivity contribution in [3.63, 3.8) is 0 Å². The molecule has 0 amide bonds. The molecule has 1 heterocycles. The van der Waals surface area contributed by atoms with Crippen molar-refractivity contribution in [2.24, 2.45) is 7.05 Å². The SMILES string of the molecule is COCc1nn(C)c(C)c1Br. The fraction of sp³-hybridized carbons (Fsp3) is 0.571. The molecule has 0 N–H and O–H groups in total. The first-order valence-electron chi connectivity index (χ1n) is 3.33. The number of hydrogen-bond acceptors (Lipinski definition) is 2. The maximum absolute atomic E-state index is 4.97. The Kier molecular flexibility index (Phi) is 2.67. The molecular weight excluding hydrogens is 208 g/mol. The van der Waals surface area contributed by atoms with Gasteiger partial charge in [0.1, 0.15) is 5.69 Å². The van der Waals surface area contributed by atoms with E-state index in [0.29, 0.717) is 6.61 Å². The van der Waals surface area contributed by atoms with Crippen LogP contribution in [0.5, 0.6) is 0 Å². The van der Waals surface area contributed by atoms with E-state index in [1.165, 1.54) is 0 Å². The van der Waals surface area contributed by atoms with Crippen molar-refractivity contribution in [2.45, 2.75) is 13.5 Å². The van der Waals surface area contributed by atoms with Gasteiger partial charge in [0.05, 0.1) is 11.1 Å². The van der Waals surface area contributed by atoms with Gasteiger partial charge in [-0.05, 0) is 22.9 Å². The summed E-state index contributed by atoms with van der Waals surface area (Å²) in [7, 11) is 3.58. The van der Waals surface area contributed by atoms with E-state index in [0.717, 1.165) is 15.9 Å². The average molecular weight is 219 g/mol. The predicted molar refractivity (Wildman–Crippen MR) is 46.4 cm³/mol. The molecule has 0 saturated carbocycles. The zero-order valence-electron chi connectivity index (χ0n) is 6.89. The summed E-state index contributed by atoms with van der Waals surface area (Å²) in [5, 5.41) is 4.24. The molecule has 0 aliphatic carbocycles. The summed E-state index contributed by atoms with van der Waals surface area (Å²) in [6.07, 6.45) is 0. The Labute approximate surface area is 74.5 Å². The number of rotatable bonds is 2. The Morgan fingerprint density at radius 3 is 2.64 bits per heavy atom. The molecule has 0 aliphatic rings. The van der Waals surface area contributed by atoms with Gasteiger partial charge in [0.2, 0.25) is 0 Å². The van der Waals surface area contributed by atoms with Crippen molar-refractivity contribution in [1.82, 2.24) is 9.78 Å². The molecule has 0 aromatic carbocycles. The summed E-state index contributed by atoms with van der Waals surface area (Å²) >= 11 is 3.44. The monoisotopic (exact) mass is 218 g/mol. The van der Waals surface area contributed by atoms with Gasteiger partial charge in [-0.3, -0.25) is 4.68 Å². The lowest BCUT2D eigenvalue weighted by molar-refractivity contribution is 0.180. The summed E-state index contributed by atoms with van der Waals surface area (Å²) in [6, 6.07) is 0. The van der Waals surface area contributed by atoms with E-state index in [1.807, 2.05) is 18.7 Å². The molecule has 0 atom stereocenters. The van der Waals surface area contributed by atoms with E-state index in [4.69, 9.17) is 4.74 Å².